The minimum Gasteiger partial charge on any atom is -0.482 e. The van der Waals surface area contributed by atoms with Gasteiger partial charge >= 0.3 is 12.1 Å². The van der Waals surface area contributed by atoms with Crippen LogP contribution >= 0.6 is 11.6 Å². The van der Waals surface area contributed by atoms with Gasteiger partial charge in [0.25, 0.3) is 5.91 Å². The van der Waals surface area contributed by atoms with E-state index in [1.807, 2.05) is 0 Å². The molecular weight excluding hydrogens is 571 g/mol. The summed E-state index contributed by atoms with van der Waals surface area (Å²) < 4.78 is 73.9. The van der Waals surface area contributed by atoms with Gasteiger partial charge in [0.15, 0.2) is 6.61 Å². The van der Waals surface area contributed by atoms with Crippen LogP contribution in [0.4, 0.5) is 22.0 Å². The molecule has 0 spiro atoms. The number of rotatable bonds is 9. The number of carbonyl (C=O) groups is 2. The number of pyridine rings is 1. The Morgan fingerprint density at radius 1 is 0.951 bits per heavy atom. The number of alkyl halides is 3. The number of ether oxygens (including phenoxy) is 1. The van der Waals surface area contributed by atoms with Crippen molar-refractivity contribution >= 4 is 23.5 Å². The summed E-state index contributed by atoms with van der Waals surface area (Å²) in [7, 11) is 0. The van der Waals surface area contributed by atoms with Gasteiger partial charge in [-0.25, -0.2) is 13.6 Å². The molecule has 0 fully saturated rings. The van der Waals surface area contributed by atoms with Crippen LogP contribution in [0.15, 0.2) is 85.1 Å². The van der Waals surface area contributed by atoms with E-state index in [4.69, 9.17) is 21.4 Å². The lowest BCUT2D eigenvalue weighted by Crippen LogP contribution is -2.49. The predicted octanol–water partition coefficient (Wildman–Crippen LogP) is 6.41. The van der Waals surface area contributed by atoms with Crippen molar-refractivity contribution in [2.75, 3.05) is 6.61 Å². The van der Waals surface area contributed by atoms with E-state index in [0.717, 1.165) is 18.2 Å². The summed E-state index contributed by atoms with van der Waals surface area (Å²) in [6.45, 7) is -0.742. The van der Waals surface area contributed by atoms with Crippen LogP contribution in [0.1, 0.15) is 32.7 Å². The lowest BCUT2D eigenvalue weighted by molar-refractivity contribution is -0.140. The Kier molecular flexibility index (Phi) is 8.57. The Morgan fingerprint density at radius 3 is 2.32 bits per heavy atom. The number of aromatic nitrogens is 1. The van der Waals surface area contributed by atoms with Crippen molar-refractivity contribution in [1.82, 2.24) is 10.3 Å². The fourth-order valence-electron chi connectivity index (χ4n) is 4.28. The highest BCUT2D eigenvalue weighted by Gasteiger charge is 2.39. The number of hydrogen-bond donors (Lipinski definition) is 2. The highest BCUT2D eigenvalue weighted by Crippen LogP contribution is 2.36. The average molecular weight is 591 g/mol. The van der Waals surface area contributed by atoms with Crippen molar-refractivity contribution in [2.45, 2.75) is 18.1 Å². The zero-order valence-electron chi connectivity index (χ0n) is 20.9. The molecule has 212 valence electrons. The molecular formula is C29H20ClF5N2O4. The Bertz CT molecular complexity index is 1570. The maximum Gasteiger partial charge on any atom is 0.419 e. The maximum absolute atomic E-state index is 14.6. The molecule has 1 unspecified atom stereocenters. The summed E-state index contributed by atoms with van der Waals surface area (Å²) in [5.74, 6) is -4.71. The summed E-state index contributed by atoms with van der Waals surface area (Å²) in [5.41, 5.74) is -2.91. The van der Waals surface area contributed by atoms with E-state index in [0.29, 0.717) is 17.7 Å². The Hall–Kier alpha value is -4.51. The number of nitrogens with one attached hydrogen (secondary N) is 1. The standard InChI is InChI=1S/C29H20ClF5N2O4/c30-20-7-9-25(36-15-20)28(19-4-2-1-3-5-19,14-17-10-21(31)13-22(11-17)41-16-26(38)39)37-27(40)18-6-8-24(32)23(12-18)29(33,34)35/h1-13,15H,14,16H2,(H,37,40)(H,38,39). The molecule has 4 rings (SSSR count). The normalized spacial score (nSPS) is 12.8. The third-order valence-corrected chi connectivity index (χ3v) is 6.28. The molecule has 41 heavy (non-hydrogen) atoms. The molecule has 0 saturated heterocycles. The summed E-state index contributed by atoms with van der Waals surface area (Å²) in [6.07, 6.45) is -3.97. The minimum absolute atomic E-state index is 0.104. The van der Waals surface area contributed by atoms with Gasteiger partial charge in [-0.15, -0.1) is 0 Å². The first-order chi connectivity index (χ1) is 19.4. The molecule has 6 nitrogen and oxygen atoms in total. The molecule has 1 aromatic heterocycles. The molecule has 0 aliphatic carbocycles. The second-order valence-corrected chi connectivity index (χ2v) is 9.37. The summed E-state index contributed by atoms with van der Waals surface area (Å²) >= 11 is 6.04. The molecule has 0 bridgehead atoms. The van der Waals surface area contributed by atoms with Crippen LogP contribution in [0.2, 0.25) is 5.02 Å². The second kappa shape index (κ2) is 11.9. The number of carbonyl (C=O) groups excluding carboxylic acids is 1. The van der Waals surface area contributed by atoms with Gasteiger partial charge in [-0.3, -0.25) is 9.78 Å². The number of carboxylic acid groups (broad SMARTS) is 1. The molecule has 0 saturated carbocycles. The van der Waals surface area contributed by atoms with Gasteiger partial charge in [0.1, 0.15) is 22.9 Å². The third kappa shape index (κ3) is 6.98. The van der Waals surface area contributed by atoms with Crippen LogP contribution in [0.5, 0.6) is 5.75 Å². The smallest absolute Gasteiger partial charge is 0.419 e. The van der Waals surface area contributed by atoms with Crippen molar-refractivity contribution in [2.24, 2.45) is 0 Å². The number of nitrogens with zero attached hydrogens (tertiary/aromatic N) is 1. The molecule has 12 heteroatoms. The molecule has 0 radical (unpaired) electrons. The highest BCUT2D eigenvalue weighted by atomic mass is 35.5. The summed E-state index contributed by atoms with van der Waals surface area (Å²) in [5, 5.41) is 11.9. The summed E-state index contributed by atoms with van der Waals surface area (Å²) in [4.78, 5) is 28.9. The largest absolute Gasteiger partial charge is 0.482 e. The third-order valence-electron chi connectivity index (χ3n) is 6.05. The van der Waals surface area contributed by atoms with Gasteiger partial charge in [-0.1, -0.05) is 41.9 Å². The van der Waals surface area contributed by atoms with Crippen molar-refractivity contribution < 1.29 is 41.4 Å². The first-order valence-electron chi connectivity index (χ1n) is 11.9. The average Bonchev–Trinajstić information content (AvgIpc) is 2.91. The molecule has 1 heterocycles. The van der Waals surface area contributed by atoms with Crippen LogP contribution in [0.3, 0.4) is 0 Å². The van der Waals surface area contributed by atoms with E-state index < -0.39 is 53.0 Å². The van der Waals surface area contributed by atoms with E-state index in [2.05, 4.69) is 10.3 Å². The SMILES string of the molecule is O=C(O)COc1cc(F)cc(CC(NC(=O)c2ccc(F)c(C(F)(F)F)c2)(c2ccccc2)c2ccc(Cl)cn2)c1. The fourth-order valence-corrected chi connectivity index (χ4v) is 4.39. The number of benzene rings is 3. The van der Waals surface area contributed by atoms with Gasteiger partial charge in [0.05, 0.1) is 16.3 Å². The van der Waals surface area contributed by atoms with Crippen LogP contribution in [0.25, 0.3) is 0 Å². The van der Waals surface area contributed by atoms with Gasteiger partial charge < -0.3 is 15.2 Å². The highest BCUT2D eigenvalue weighted by molar-refractivity contribution is 6.30. The molecule has 2 N–H and O–H groups in total. The lowest BCUT2D eigenvalue weighted by atomic mass is 9.80. The van der Waals surface area contributed by atoms with Crippen LogP contribution in [-0.4, -0.2) is 28.6 Å². The molecule has 1 atom stereocenters. The van der Waals surface area contributed by atoms with E-state index >= 15 is 0 Å². The number of carboxylic acids is 1. The number of hydrogen-bond acceptors (Lipinski definition) is 4. The Balaban J connectivity index is 1.88. The first-order valence-corrected chi connectivity index (χ1v) is 12.3. The van der Waals surface area contributed by atoms with Gasteiger partial charge in [0, 0.05) is 24.2 Å². The fraction of sp³-hybridized carbons (Fsp3) is 0.138. The number of aliphatic carboxylic acids is 1. The monoisotopic (exact) mass is 590 g/mol. The molecule has 4 aromatic rings. The topological polar surface area (TPSA) is 88.5 Å². The van der Waals surface area contributed by atoms with Crippen LogP contribution in [-0.2, 0) is 22.9 Å². The minimum atomic E-state index is -5.05. The van der Waals surface area contributed by atoms with Crippen LogP contribution in [0, 0.1) is 11.6 Å². The van der Waals surface area contributed by atoms with Crippen molar-refractivity contribution in [3.63, 3.8) is 0 Å². The molecule has 0 aliphatic heterocycles. The van der Waals surface area contributed by atoms with Gasteiger partial charge in [-0.2, -0.15) is 13.2 Å². The molecule has 3 aromatic carbocycles. The van der Waals surface area contributed by atoms with E-state index in [1.54, 1.807) is 30.3 Å². The Morgan fingerprint density at radius 2 is 1.68 bits per heavy atom. The number of amides is 1. The van der Waals surface area contributed by atoms with E-state index in [1.165, 1.54) is 24.4 Å². The Labute approximate surface area is 235 Å². The maximum atomic E-state index is 14.6. The zero-order chi connectivity index (χ0) is 29.8. The van der Waals surface area contributed by atoms with Crippen molar-refractivity contribution in [3.05, 3.63) is 130 Å². The van der Waals surface area contributed by atoms with Gasteiger partial charge in [0.2, 0.25) is 0 Å². The van der Waals surface area contributed by atoms with Gasteiger partial charge in [-0.05, 0) is 53.6 Å². The zero-order valence-corrected chi connectivity index (χ0v) is 21.6. The predicted molar refractivity (Wildman–Crippen MR) is 139 cm³/mol. The van der Waals surface area contributed by atoms with Crippen molar-refractivity contribution in [1.29, 1.82) is 0 Å². The molecule has 1 amide bonds. The quantitative estimate of drug-likeness (QED) is 0.220. The first kappa shape index (κ1) is 29.5. The second-order valence-electron chi connectivity index (χ2n) is 8.93. The number of halogens is 6. The van der Waals surface area contributed by atoms with Crippen LogP contribution < -0.4 is 10.1 Å². The summed E-state index contributed by atoms with van der Waals surface area (Å²) in [6, 6.07) is 16.6. The van der Waals surface area contributed by atoms with E-state index in [9.17, 15) is 31.5 Å². The van der Waals surface area contributed by atoms with Crippen molar-refractivity contribution in [3.8, 4) is 5.75 Å². The molecule has 0 aliphatic rings. The lowest BCUT2D eigenvalue weighted by Gasteiger charge is -2.35. The van der Waals surface area contributed by atoms with E-state index in [-0.39, 0.29) is 28.5 Å².